The normalized spacial score (nSPS) is 18.1. The van der Waals surface area contributed by atoms with Crippen LogP contribution in [-0.2, 0) is 19.5 Å². The van der Waals surface area contributed by atoms with E-state index in [2.05, 4.69) is 16.9 Å². The summed E-state index contributed by atoms with van der Waals surface area (Å²) < 4.78 is 42.6. The summed E-state index contributed by atoms with van der Waals surface area (Å²) in [5, 5.41) is 4.47. The number of aromatic nitrogens is 1. The minimum absolute atomic E-state index is 0.0651. The van der Waals surface area contributed by atoms with Crippen LogP contribution in [-0.4, -0.2) is 54.2 Å². The molecule has 8 nitrogen and oxygen atoms in total. The first-order chi connectivity index (χ1) is 18.2. The summed E-state index contributed by atoms with van der Waals surface area (Å²) in [5.41, 5.74) is 5.83. The maximum atomic E-state index is 14.5. The average Bonchev–Trinajstić information content (AvgIpc) is 3.39. The summed E-state index contributed by atoms with van der Waals surface area (Å²) in [5.74, 6) is 0.935. The summed E-state index contributed by atoms with van der Waals surface area (Å²) in [6.45, 7) is 9.03. The van der Waals surface area contributed by atoms with Crippen LogP contribution < -0.4 is 11.1 Å². The molecule has 0 radical (unpaired) electrons. The molecule has 0 saturated heterocycles. The first-order valence-electron chi connectivity index (χ1n) is 13.6. The summed E-state index contributed by atoms with van der Waals surface area (Å²) in [6.07, 6.45) is 10.6. The number of hydrogen-bond donors (Lipinski definition) is 2. The number of sulfonamides is 1. The molecule has 1 aromatic heterocycles. The second-order valence-electron chi connectivity index (χ2n) is 10.3. The molecule has 2 aliphatic rings. The summed E-state index contributed by atoms with van der Waals surface area (Å²) >= 11 is 5.03. The third kappa shape index (κ3) is 5.98. The number of thiocarbonyl (C=S) groups is 1. The lowest BCUT2D eigenvalue weighted by Crippen LogP contribution is -2.53. The number of anilines is 1. The fourth-order valence-corrected chi connectivity index (χ4v) is 7.82. The van der Waals surface area contributed by atoms with Crippen molar-refractivity contribution in [3.8, 4) is 0 Å². The molecule has 38 heavy (non-hydrogen) atoms. The van der Waals surface area contributed by atoms with Crippen LogP contribution in [0.5, 0.6) is 0 Å². The molecule has 3 N–H and O–H groups in total. The Morgan fingerprint density at radius 2 is 1.92 bits per heavy atom. The van der Waals surface area contributed by atoms with Crippen LogP contribution in [0.25, 0.3) is 10.8 Å². The highest BCUT2D eigenvalue weighted by Gasteiger charge is 2.49. The van der Waals surface area contributed by atoms with Gasteiger partial charge < -0.3 is 20.5 Å². The molecule has 0 aliphatic heterocycles. The number of ether oxygens (including phenoxy) is 2. The van der Waals surface area contributed by atoms with Crippen molar-refractivity contribution in [2.45, 2.75) is 88.2 Å². The van der Waals surface area contributed by atoms with Crippen molar-refractivity contribution in [2.75, 3.05) is 25.1 Å². The van der Waals surface area contributed by atoms with Gasteiger partial charge in [0.25, 0.3) is 0 Å². The number of benzene rings is 1. The number of nitrogens with one attached hydrogen (secondary N) is 1. The van der Waals surface area contributed by atoms with Gasteiger partial charge in [-0.1, -0.05) is 44.7 Å². The fourth-order valence-electron chi connectivity index (χ4n) is 5.90. The number of nitrogens with two attached hydrogens (primary N) is 1. The molecule has 1 heterocycles. The number of pyridine rings is 1. The quantitative estimate of drug-likeness (QED) is 0.278. The van der Waals surface area contributed by atoms with Gasteiger partial charge in [-0.3, -0.25) is 0 Å². The van der Waals surface area contributed by atoms with Gasteiger partial charge in [0.2, 0.25) is 10.0 Å². The van der Waals surface area contributed by atoms with Crippen LogP contribution in [0.2, 0.25) is 0 Å². The molecule has 0 spiro atoms. The minimum Gasteiger partial charge on any atom is -0.497 e. The van der Waals surface area contributed by atoms with Crippen LogP contribution in [0.4, 0.5) is 5.82 Å². The summed E-state index contributed by atoms with van der Waals surface area (Å²) in [4.78, 5) is 4.60. The van der Waals surface area contributed by atoms with Crippen LogP contribution >= 0.6 is 12.2 Å². The molecule has 2 saturated carbocycles. The molecular weight excluding hydrogens is 520 g/mol. The van der Waals surface area contributed by atoms with E-state index >= 15 is 0 Å². The number of rotatable bonds is 11. The second kappa shape index (κ2) is 12.3. The molecular formula is C28H40N4O4S2. The Balaban J connectivity index is 1.75. The van der Waals surface area contributed by atoms with Crippen molar-refractivity contribution >= 4 is 43.9 Å². The predicted octanol–water partition coefficient (Wildman–Crippen LogP) is 5.40. The molecule has 10 heteroatoms. The second-order valence-corrected chi connectivity index (χ2v) is 12.6. The van der Waals surface area contributed by atoms with Crippen molar-refractivity contribution in [3.63, 3.8) is 0 Å². The maximum Gasteiger partial charge on any atom is 0.244 e. The minimum atomic E-state index is -3.97. The van der Waals surface area contributed by atoms with Gasteiger partial charge in [0.05, 0.1) is 29.8 Å². The molecule has 4 rings (SSSR count). The van der Waals surface area contributed by atoms with E-state index in [1.54, 1.807) is 22.6 Å². The Hall–Kier alpha value is -2.27. The third-order valence-electron chi connectivity index (χ3n) is 7.83. The molecule has 208 valence electrons. The lowest BCUT2D eigenvalue weighted by molar-refractivity contribution is 0.0118. The highest BCUT2D eigenvalue weighted by molar-refractivity contribution is 7.89. The lowest BCUT2D eigenvalue weighted by atomic mass is 9.95. The van der Waals surface area contributed by atoms with E-state index in [1.807, 2.05) is 19.9 Å². The van der Waals surface area contributed by atoms with Crippen molar-refractivity contribution in [2.24, 2.45) is 5.73 Å². The third-order valence-corrected chi connectivity index (χ3v) is 9.90. The highest BCUT2D eigenvalue weighted by Crippen LogP contribution is 2.44. The first kappa shape index (κ1) is 28.7. The van der Waals surface area contributed by atoms with Crippen LogP contribution in [0.3, 0.4) is 0 Å². The van der Waals surface area contributed by atoms with Crippen LogP contribution in [0.15, 0.2) is 41.6 Å². The molecule has 0 unspecified atom stereocenters. The van der Waals surface area contributed by atoms with Crippen molar-refractivity contribution in [1.29, 1.82) is 0 Å². The Bertz CT molecular complexity index is 1270. The SMILES string of the molecule is C=C(OCC)C1(N(CCOC2CCCCC2)S(=O)(=O)c2ccc3c(C)cnc(NC(N)=S)c3c2)CCCC1. The van der Waals surface area contributed by atoms with Gasteiger partial charge in [-0.15, -0.1) is 0 Å². The monoisotopic (exact) mass is 560 g/mol. The number of nitrogens with zero attached hydrogens (tertiary/aromatic N) is 2. The Morgan fingerprint density at radius 3 is 2.58 bits per heavy atom. The molecule has 0 atom stereocenters. The molecule has 0 amide bonds. The Morgan fingerprint density at radius 1 is 1.21 bits per heavy atom. The number of fused-ring (bicyclic) bond motifs is 1. The zero-order valence-electron chi connectivity index (χ0n) is 22.5. The van der Waals surface area contributed by atoms with Crippen molar-refractivity contribution < 1.29 is 17.9 Å². The van der Waals surface area contributed by atoms with Gasteiger partial charge >= 0.3 is 0 Å². The van der Waals surface area contributed by atoms with E-state index < -0.39 is 15.6 Å². The zero-order chi connectivity index (χ0) is 27.3. The lowest BCUT2D eigenvalue weighted by Gasteiger charge is -2.41. The topological polar surface area (TPSA) is 107 Å². The van der Waals surface area contributed by atoms with Gasteiger partial charge in [-0.25, -0.2) is 13.4 Å². The summed E-state index contributed by atoms with van der Waals surface area (Å²) in [6, 6.07) is 5.14. The standard InChI is InChI=1S/C28H40N4O4S2/c1-4-35-21(3)28(14-8-9-15-28)32(16-17-36-22-10-6-5-7-11-22)38(33,34)23-12-13-24-20(2)19-30-26(25(24)18-23)31-27(29)37/h12-13,18-19,22H,3-11,14-17H2,1-2H3,(H3,29,30,31,37). The fraction of sp³-hybridized carbons (Fsp3) is 0.571. The Labute approximate surface area is 232 Å². The van der Waals surface area contributed by atoms with Crippen molar-refractivity contribution in [3.05, 3.63) is 42.3 Å². The van der Waals surface area contributed by atoms with Gasteiger partial charge in [0.15, 0.2) is 5.11 Å². The van der Waals surface area contributed by atoms with E-state index in [1.165, 1.54) is 6.42 Å². The largest absolute Gasteiger partial charge is 0.497 e. The van der Waals surface area contributed by atoms with E-state index in [4.69, 9.17) is 27.4 Å². The smallest absolute Gasteiger partial charge is 0.244 e. The van der Waals surface area contributed by atoms with Gasteiger partial charge in [-0.05, 0) is 74.8 Å². The van der Waals surface area contributed by atoms with Crippen LogP contribution in [0.1, 0.15) is 70.3 Å². The predicted molar refractivity (Wildman–Crippen MR) is 156 cm³/mol. The van der Waals surface area contributed by atoms with Gasteiger partial charge in [-0.2, -0.15) is 4.31 Å². The van der Waals surface area contributed by atoms with Crippen molar-refractivity contribution in [1.82, 2.24) is 9.29 Å². The number of aryl methyl sites for hydroxylation is 1. The molecule has 1 aromatic carbocycles. The maximum absolute atomic E-state index is 14.5. The van der Waals surface area contributed by atoms with E-state index in [0.717, 1.165) is 49.5 Å². The van der Waals surface area contributed by atoms with Crippen LogP contribution in [0, 0.1) is 6.92 Å². The first-order valence-corrected chi connectivity index (χ1v) is 15.5. The average molecular weight is 561 g/mol. The molecule has 2 aromatic rings. The zero-order valence-corrected chi connectivity index (χ0v) is 24.1. The highest BCUT2D eigenvalue weighted by atomic mass is 32.2. The number of hydrogen-bond acceptors (Lipinski definition) is 6. The van der Waals surface area contributed by atoms with E-state index in [9.17, 15) is 8.42 Å². The summed E-state index contributed by atoms with van der Waals surface area (Å²) in [7, 11) is -3.97. The molecule has 2 fully saturated rings. The van der Waals surface area contributed by atoms with E-state index in [-0.39, 0.29) is 22.7 Å². The molecule has 0 bridgehead atoms. The van der Waals surface area contributed by atoms with Gasteiger partial charge in [0, 0.05) is 18.1 Å². The van der Waals surface area contributed by atoms with Gasteiger partial charge in [0.1, 0.15) is 11.6 Å². The molecule has 2 aliphatic carbocycles. The van der Waals surface area contributed by atoms with E-state index in [0.29, 0.717) is 43.0 Å². The Kier molecular flexibility index (Phi) is 9.28.